The number of aromatic nitrogens is 1. The van der Waals surface area contributed by atoms with Crippen LogP contribution in [0.4, 0.5) is 10.5 Å². The number of anilines is 1. The van der Waals surface area contributed by atoms with E-state index in [1.807, 2.05) is 26.0 Å². The van der Waals surface area contributed by atoms with Crippen molar-refractivity contribution in [1.82, 2.24) is 20.5 Å². The van der Waals surface area contributed by atoms with E-state index in [2.05, 4.69) is 96.9 Å². The molecule has 8 heteroatoms. The van der Waals surface area contributed by atoms with Crippen molar-refractivity contribution < 1.29 is 9.59 Å². The number of nitrogens with zero attached hydrogens (tertiary/aromatic N) is 1. The zero-order valence-corrected chi connectivity index (χ0v) is 29.7. The van der Waals surface area contributed by atoms with E-state index in [1.165, 1.54) is 58.2 Å². The van der Waals surface area contributed by atoms with E-state index in [0.717, 1.165) is 34.9 Å². The first-order chi connectivity index (χ1) is 22.3. The molecule has 0 radical (unpaired) electrons. The summed E-state index contributed by atoms with van der Waals surface area (Å²) in [5.74, 6) is 0.561. The minimum Gasteiger partial charge on any atom is -0.346 e. The Kier molecular flexibility index (Phi) is 8.03. The highest BCUT2D eigenvalue weighted by molar-refractivity contribution is 7.19. The van der Waals surface area contributed by atoms with Crippen LogP contribution in [0.1, 0.15) is 86.9 Å². The van der Waals surface area contributed by atoms with E-state index in [9.17, 15) is 9.59 Å². The molecule has 4 aliphatic rings. The molecule has 2 saturated carbocycles. The lowest BCUT2D eigenvalue weighted by molar-refractivity contribution is -0.138. The lowest BCUT2D eigenvalue weighted by atomic mass is 9.79. The molecule has 4 aromatic rings. The van der Waals surface area contributed by atoms with Crippen molar-refractivity contribution in [3.8, 4) is 11.3 Å². The summed E-state index contributed by atoms with van der Waals surface area (Å²) in [7, 11) is 0. The number of hydrogen-bond acceptors (Lipinski definition) is 4. The Morgan fingerprint density at radius 2 is 1.72 bits per heavy atom. The Bertz CT molecular complexity index is 1810. The number of rotatable bonds is 11. The van der Waals surface area contributed by atoms with Gasteiger partial charge in [0.25, 0.3) is 0 Å². The Hall–Kier alpha value is -3.62. The minimum atomic E-state index is -0.548. The molecular weight excluding hydrogens is 603 g/mol. The molecule has 8 rings (SSSR count). The van der Waals surface area contributed by atoms with Gasteiger partial charge in [-0.25, -0.2) is 4.79 Å². The number of amides is 3. The third-order valence-corrected chi connectivity index (χ3v) is 12.1. The van der Waals surface area contributed by atoms with Gasteiger partial charge in [0.15, 0.2) is 0 Å². The van der Waals surface area contributed by atoms with E-state index >= 15 is 0 Å². The Morgan fingerprint density at radius 3 is 2.34 bits per heavy atom. The van der Waals surface area contributed by atoms with Crippen LogP contribution >= 0.6 is 11.3 Å². The summed E-state index contributed by atoms with van der Waals surface area (Å²) in [4.78, 5) is 34.4. The van der Waals surface area contributed by atoms with Gasteiger partial charge in [-0.1, -0.05) is 36.2 Å². The van der Waals surface area contributed by atoms with Crippen LogP contribution in [0.2, 0.25) is 0 Å². The van der Waals surface area contributed by atoms with Crippen LogP contribution < -0.4 is 16.0 Å². The van der Waals surface area contributed by atoms with Crippen LogP contribution in [0.5, 0.6) is 0 Å². The average molecular weight is 652 g/mol. The maximum Gasteiger partial charge on any atom is 0.319 e. The molecule has 1 unspecified atom stereocenters. The van der Waals surface area contributed by atoms with E-state index in [0.29, 0.717) is 23.4 Å². The summed E-state index contributed by atoms with van der Waals surface area (Å²) in [6, 6.07) is 18.0. The second-order valence-corrected chi connectivity index (χ2v) is 16.5. The highest BCUT2D eigenvalue weighted by Gasteiger charge is 2.74. The summed E-state index contributed by atoms with van der Waals surface area (Å²) in [5.41, 5.74) is 8.19. The number of carbonyl (C=O) groups is 2. The third kappa shape index (κ3) is 5.88. The summed E-state index contributed by atoms with van der Waals surface area (Å²) < 4.78 is 0. The number of hydrogen-bond donors (Lipinski definition) is 4. The number of benzene rings is 2. The molecule has 2 atom stereocenters. The smallest absolute Gasteiger partial charge is 0.319 e. The van der Waals surface area contributed by atoms with Crippen molar-refractivity contribution >= 4 is 39.2 Å². The minimum absolute atomic E-state index is 0.0929. The summed E-state index contributed by atoms with van der Waals surface area (Å²) in [5, 5.41) is 10.7. The molecule has 4 heterocycles. The van der Waals surface area contributed by atoms with Gasteiger partial charge in [0.1, 0.15) is 4.83 Å². The molecule has 2 aromatic carbocycles. The lowest BCUT2D eigenvalue weighted by Crippen LogP contribution is -2.47. The van der Waals surface area contributed by atoms with Crippen LogP contribution in [-0.2, 0) is 16.6 Å². The monoisotopic (exact) mass is 651 g/mol. The molecule has 4 N–H and O–H groups in total. The van der Waals surface area contributed by atoms with Crippen LogP contribution in [0.3, 0.4) is 0 Å². The SMILES string of the molecule is Cc1cc(C)cc(-c2[nH]c3sc(C(C)(C)C(=O)N4C5CC6(C5)CC46)cc3c2[C@H](C)CNCCc2ccc(NC(=O)NC(C)C)cc2)c1. The maximum atomic E-state index is 14.0. The zero-order valence-electron chi connectivity index (χ0n) is 28.8. The topological polar surface area (TPSA) is 89.3 Å². The fraction of sp³-hybridized carbons (Fsp3) is 0.487. The highest BCUT2D eigenvalue weighted by Crippen LogP contribution is 2.72. The molecular formula is C39H49N5O2S. The predicted octanol–water partition coefficient (Wildman–Crippen LogP) is 8.02. The van der Waals surface area contributed by atoms with Gasteiger partial charge in [-0.05, 0) is 132 Å². The molecule has 7 nitrogen and oxygen atoms in total. The quantitative estimate of drug-likeness (QED) is 0.124. The van der Waals surface area contributed by atoms with Crippen LogP contribution in [-0.4, -0.2) is 53.0 Å². The first kappa shape index (κ1) is 32.0. The van der Waals surface area contributed by atoms with Gasteiger partial charge in [0.2, 0.25) is 5.91 Å². The van der Waals surface area contributed by atoms with Gasteiger partial charge < -0.3 is 25.8 Å². The number of urea groups is 1. The van der Waals surface area contributed by atoms with Crippen molar-refractivity contribution in [2.75, 3.05) is 18.4 Å². The maximum absolute atomic E-state index is 14.0. The second kappa shape index (κ2) is 11.8. The first-order valence-electron chi connectivity index (χ1n) is 17.3. The standard InChI is InChI=1S/C39H49N5O2S/c1-22(2)41-37(46)42-28-10-8-26(9-11-28)12-13-40-21-25(5)33-30-17-32(38(6,7)36(45)44-29-18-39(19-29)20-31(39)44)47-35(30)43-34(33)27-15-23(3)14-24(4)16-27/h8-11,14-17,22,25,29,31,40,43H,12-13,18-21H2,1-7H3,(H2,41,42,46)/t25-,29?,31?,39?/m1/s1. The van der Waals surface area contributed by atoms with Crippen LogP contribution in [0.25, 0.3) is 21.5 Å². The molecule has 248 valence electrons. The molecule has 2 aliphatic heterocycles. The Balaban J connectivity index is 1.08. The summed E-state index contributed by atoms with van der Waals surface area (Å²) >= 11 is 1.75. The van der Waals surface area contributed by atoms with Gasteiger partial charge in [-0.3, -0.25) is 4.79 Å². The number of fused-ring (bicyclic) bond motifs is 1. The van der Waals surface area contributed by atoms with Gasteiger partial charge in [-0.15, -0.1) is 11.3 Å². The fourth-order valence-corrected chi connectivity index (χ4v) is 9.40. The number of thiophene rings is 1. The van der Waals surface area contributed by atoms with Gasteiger partial charge in [0.05, 0.1) is 11.1 Å². The van der Waals surface area contributed by atoms with Crippen molar-refractivity contribution in [1.29, 1.82) is 0 Å². The number of nitrogens with one attached hydrogen (secondary N) is 4. The largest absolute Gasteiger partial charge is 0.346 e. The lowest BCUT2D eigenvalue weighted by Gasteiger charge is -2.37. The van der Waals surface area contributed by atoms with Crippen molar-refractivity contribution in [3.05, 3.63) is 75.7 Å². The normalized spacial score (nSPS) is 21.9. The Labute approximate surface area is 282 Å². The van der Waals surface area contributed by atoms with Gasteiger partial charge in [-0.2, -0.15) is 0 Å². The zero-order chi connectivity index (χ0) is 33.2. The van der Waals surface area contributed by atoms with Crippen molar-refractivity contribution in [2.45, 2.75) is 104 Å². The van der Waals surface area contributed by atoms with Gasteiger partial charge >= 0.3 is 6.03 Å². The number of H-pyrrole nitrogens is 1. The van der Waals surface area contributed by atoms with Crippen molar-refractivity contribution in [2.24, 2.45) is 5.41 Å². The summed E-state index contributed by atoms with van der Waals surface area (Å²) in [6.07, 6.45) is 4.55. The second-order valence-electron chi connectivity index (χ2n) is 15.4. The van der Waals surface area contributed by atoms with E-state index in [-0.39, 0.29) is 18.0 Å². The number of piperidine rings is 2. The molecule has 47 heavy (non-hydrogen) atoms. The Morgan fingerprint density at radius 1 is 1.02 bits per heavy atom. The third-order valence-electron chi connectivity index (χ3n) is 10.8. The molecule has 2 bridgehead atoms. The predicted molar refractivity (Wildman–Crippen MR) is 194 cm³/mol. The fourth-order valence-electron chi connectivity index (χ4n) is 8.23. The van der Waals surface area contributed by atoms with Crippen molar-refractivity contribution in [3.63, 3.8) is 0 Å². The molecule has 2 aliphatic carbocycles. The first-order valence-corrected chi connectivity index (χ1v) is 18.1. The summed E-state index contributed by atoms with van der Waals surface area (Å²) in [6.45, 7) is 16.5. The number of carbonyl (C=O) groups excluding carboxylic acids is 2. The average Bonchev–Trinajstić information content (AvgIpc) is 3.24. The van der Waals surface area contributed by atoms with E-state index < -0.39 is 5.41 Å². The van der Waals surface area contributed by atoms with Crippen LogP contribution in [0.15, 0.2) is 48.5 Å². The molecule has 3 amide bonds. The molecule has 2 saturated heterocycles. The molecule has 1 spiro atoms. The number of aromatic amines is 1. The molecule has 4 fully saturated rings. The van der Waals surface area contributed by atoms with Crippen LogP contribution in [0, 0.1) is 19.3 Å². The number of aryl methyl sites for hydroxylation is 2. The van der Waals surface area contributed by atoms with E-state index in [1.54, 1.807) is 11.3 Å². The molecule has 2 aromatic heterocycles. The van der Waals surface area contributed by atoms with E-state index in [4.69, 9.17) is 0 Å². The van der Waals surface area contributed by atoms with Gasteiger partial charge in [0, 0.05) is 40.6 Å². The highest BCUT2D eigenvalue weighted by atomic mass is 32.1.